The first-order chi connectivity index (χ1) is 12.3. The SMILES string of the molecule is Cc1cc(-c2noc(-c3cc(C)nc(N(C)CC(C)C)n3)n2)cc(C)n1. The van der Waals surface area contributed by atoms with Crippen molar-refractivity contribution in [2.45, 2.75) is 34.6 Å². The zero-order valence-electron chi connectivity index (χ0n) is 16.1. The smallest absolute Gasteiger partial charge is 0.277 e. The fourth-order valence-electron chi connectivity index (χ4n) is 2.87. The highest BCUT2D eigenvalue weighted by Gasteiger charge is 2.16. The molecule has 3 aromatic rings. The molecular weight excluding hydrogens is 328 g/mol. The van der Waals surface area contributed by atoms with Crippen LogP contribution in [0, 0.1) is 26.7 Å². The summed E-state index contributed by atoms with van der Waals surface area (Å²) in [5.41, 5.74) is 4.21. The number of hydrogen-bond donors (Lipinski definition) is 0. The summed E-state index contributed by atoms with van der Waals surface area (Å²) in [5.74, 6) is 2.09. The van der Waals surface area contributed by atoms with E-state index in [1.807, 2.05) is 50.9 Å². The Morgan fingerprint density at radius 3 is 2.23 bits per heavy atom. The van der Waals surface area contributed by atoms with Crippen molar-refractivity contribution in [3.8, 4) is 23.0 Å². The van der Waals surface area contributed by atoms with Gasteiger partial charge in [0, 0.05) is 36.2 Å². The maximum absolute atomic E-state index is 5.47. The van der Waals surface area contributed by atoms with Crippen LogP contribution >= 0.6 is 0 Å². The van der Waals surface area contributed by atoms with Crippen LogP contribution in [0.15, 0.2) is 22.7 Å². The Hall–Kier alpha value is -2.83. The van der Waals surface area contributed by atoms with Crippen LogP contribution in [0.2, 0.25) is 0 Å². The first kappa shape index (κ1) is 18.0. The van der Waals surface area contributed by atoms with E-state index in [0.717, 1.165) is 29.2 Å². The topological polar surface area (TPSA) is 80.8 Å². The summed E-state index contributed by atoms with van der Waals surface area (Å²) in [7, 11) is 1.99. The summed E-state index contributed by atoms with van der Waals surface area (Å²) in [4.78, 5) is 20.1. The van der Waals surface area contributed by atoms with E-state index in [2.05, 4.69) is 38.9 Å². The number of aromatic nitrogens is 5. The normalized spacial score (nSPS) is 11.2. The average molecular weight is 352 g/mol. The molecule has 0 aromatic carbocycles. The van der Waals surface area contributed by atoms with E-state index in [-0.39, 0.29) is 0 Å². The van der Waals surface area contributed by atoms with Gasteiger partial charge in [0.05, 0.1) is 0 Å². The van der Waals surface area contributed by atoms with E-state index < -0.39 is 0 Å². The average Bonchev–Trinajstić information content (AvgIpc) is 3.02. The standard InChI is InChI=1S/C19H24N6O/c1-11(2)10-25(6)19-21-14(5)9-16(22-19)18-23-17(24-26-18)15-7-12(3)20-13(4)8-15/h7-9,11H,10H2,1-6H3. The van der Waals surface area contributed by atoms with Gasteiger partial charge in [0.2, 0.25) is 11.8 Å². The van der Waals surface area contributed by atoms with Gasteiger partial charge in [0.1, 0.15) is 5.69 Å². The lowest BCUT2D eigenvalue weighted by Crippen LogP contribution is -2.24. The van der Waals surface area contributed by atoms with Crippen molar-refractivity contribution in [3.63, 3.8) is 0 Å². The van der Waals surface area contributed by atoms with Gasteiger partial charge < -0.3 is 9.42 Å². The van der Waals surface area contributed by atoms with Gasteiger partial charge in [-0.05, 0) is 44.9 Å². The van der Waals surface area contributed by atoms with E-state index in [1.165, 1.54) is 0 Å². The Bertz CT molecular complexity index is 898. The molecule has 26 heavy (non-hydrogen) atoms. The van der Waals surface area contributed by atoms with Gasteiger partial charge in [-0.25, -0.2) is 9.97 Å². The van der Waals surface area contributed by atoms with Gasteiger partial charge >= 0.3 is 0 Å². The molecule has 7 heteroatoms. The fraction of sp³-hybridized carbons (Fsp3) is 0.421. The second-order valence-electron chi connectivity index (χ2n) is 7.03. The summed E-state index contributed by atoms with van der Waals surface area (Å²) in [6.07, 6.45) is 0. The van der Waals surface area contributed by atoms with E-state index in [4.69, 9.17) is 4.52 Å². The van der Waals surface area contributed by atoms with Crippen LogP contribution < -0.4 is 4.90 Å². The van der Waals surface area contributed by atoms with Crippen molar-refractivity contribution in [2.75, 3.05) is 18.5 Å². The molecule has 136 valence electrons. The Morgan fingerprint density at radius 2 is 1.58 bits per heavy atom. The monoisotopic (exact) mass is 352 g/mol. The third kappa shape index (κ3) is 4.04. The Morgan fingerprint density at radius 1 is 0.923 bits per heavy atom. The second-order valence-corrected chi connectivity index (χ2v) is 7.03. The predicted octanol–water partition coefficient (Wildman–Crippen LogP) is 3.61. The number of anilines is 1. The molecule has 0 unspecified atom stereocenters. The molecule has 0 saturated carbocycles. The molecule has 3 aromatic heterocycles. The number of hydrogen-bond acceptors (Lipinski definition) is 7. The van der Waals surface area contributed by atoms with Crippen LogP contribution in [0.4, 0.5) is 5.95 Å². The van der Waals surface area contributed by atoms with E-state index in [9.17, 15) is 0 Å². The lowest BCUT2D eigenvalue weighted by atomic mass is 10.2. The molecule has 0 fully saturated rings. The molecule has 0 aliphatic heterocycles. The third-order valence-corrected chi connectivity index (χ3v) is 3.81. The fourth-order valence-corrected chi connectivity index (χ4v) is 2.87. The minimum absolute atomic E-state index is 0.386. The van der Waals surface area contributed by atoms with Gasteiger partial charge in [-0.1, -0.05) is 19.0 Å². The predicted molar refractivity (Wildman–Crippen MR) is 101 cm³/mol. The summed E-state index contributed by atoms with van der Waals surface area (Å²) < 4.78 is 5.47. The molecule has 3 rings (SSSR count). The van der Waals surface area contributed by atoms with Gasteiger partial charge in [-0.3, -0.25) is 4.98 Å². The molecule has 0 amide bonds. The first-order valence-electron chi connectivity index (χ1n) is 8.68. The summed E-state index contributed by atoms with van der Waals surface area (Å²) in [5, 5.41) is 4.11. The van der Waals surface area contributed by atoms with Gasteiger partial charge in [0.15, 0.2) is 0 Å². The molecule has 0 aliphatic carbocycles. The third-order valence-electron chi connectivity index (χ3n) is 3.81. The number of aryl methyl sites for hydroxylation is 3. The van der Waals surface area contributed by atoms with Crippen molar-refractivity contribution in [1.82, 2.24) is 25.1 Å². The molecule has 0 saturated heterocycles. The molecule has 0 N–H and O–H groups in total. The number of rotatable bonds is 5. The number of pyridine rings is 1. The van der Waals surface area contributed by atoms with Crippen LogP contribution in [-0.4, -0.2) is 38.7 Å². The molecule has 7 nitrogen and oxygen atoms in total. The molecular formula is C19H24N6O. The van der Waals surface area contributed by atoms with Crippen molar-refractivity contribution < 1.29 is 4.52 Å². The first-order valence-corrected chi connectivity index (χ1v) is 8.68. The zero-order chi connectivity index (χ0) is 18.8. The van der Waals surface area contributed by atoms with Crippen LogP contribution in [-0.2, 0) is 0 Å². The Kier molecular flexibility index (Phi) is 4.97. The van der Waals surface area contributed by atoms with Crippen molar-refractivity contribution in [2.24, 2.45) is 5.92 Å². The maximum atomic E-state index is 5.47. The number of nitrogens with zero attached hydrogens (tertiary/aromatic N) is 6. The molecule has 0 spiro atoms. The quantitative estimate of drug-likeness (QED) is 0.694. The largest absolute Gasteiger partial charge is 0.344 e. The second kappa shape index (κ2) is 7.19. The highest BCUT2D eigenvalue weighted by Crippen LogP contribution is 2.23. The molecule has 0 radical (unpaired) electrons. The van der Waals surface area contributed by atoms with Crippen LogP contribution in [0.25, 0.3) is 23.0 Å². The summed E-state index contributed by atoms with van der Waals surface area (Å²) in [6.45, 7) is 11.0. The summed E-state index contributed by atoms with van der Waals surface area (Å²) >= 11 is 0. The van der Waals surface area contributed by atoms with Crippen molar-refractivity contribution >= 4 is 5.95 Å². The maximum Gasteiger partial charge on any atom is 0.277 e. The lowest BCUT2D eigenvalue weighted by Gasteiger charge is -2.19. The van der Waals surface area contributed by atoms with Gasteiger partial charge in [-0.15, -0.1) is 0 Å². The van der Waals surface area contributed by atoms with Crippen LogP contribution in [0.1, 0.15) is 30.9 Å². The molecule has 0 bridgehead atoms. The minimum atomic E-state index is 0.386. The van der Waals surface area contributed by atoms with E-state index in [0.29, 0.717) is 29.3 Å². The molecule has 3 heterocycles. The van der Waals surface area contributed by atoms with Gasteiger partial charge in [0.25, 0.3) is 5.89 Å². The molecule has 0 atom stereocenters. The zero-order valence-corrected chi connectivity index (χ0v) is 16.1. The summed E-state index contributed by atoms with van der Waals surface area (Å²) in [6, 6.07) is 5.73. The van der Waals surface area contributed by atoms with Gasteiger partial charge in [-0.2, -0.15) is 4.98 Å². The van der Waals surface area contributed by atoms with Crippen molar-refractivity contribution in [3.05, 3.63) is 35.3 Å². The Balaban J connectivity index is 1.95. The highest BCUT2D eigenvalue weighted by molar-refractivity contribution is 5.59. The minimum Gasteiger partial charge on any atom is -0.344 e. The van der Waals surface area contributed by atoms with Crippen LogP contribution in [0.3, 0.4) is 0 Å². The Labute approximate surface area is 153 Å². The highest BCUT2D eigenvalue weighted by atomic mass is 16.5. The lowest BCUT2D eigenvalue weighted by molar-refractivity contribution is 0.431. The molecule has 0 aliphatic rings. The van der Waals surface area contributed by atoms with E-state index >= 15 is 0 Å². The van der Waals surface area contributed by atoms with E-state index in [1.54, 1.807) is 0 Å². The van der Waals surface area contributed by atoms with Crippen LogP contribution in [0.5, 0.6) is 0 Å². The van der Waals surface area contributed by atoms with Crippen molar-refractivity contribution in [1.29, 1.82) is 0 Å².